The van der Waals surface area contributed by atoms with Crippen molar-refractivity contribution in [2.24, 2.45) is 0 Å². The van der Waals surface area contributed by atoms with Gasteiger partial charge in [-0.2, -0.15) is 5.26 Å². The summed E-state index contributed by atoms with van der Waals surface area (Å²) in [5.74, 6) is -2.97. The Balaban J connectivity index is 2.28. The molecular formula is C19H13NO7. The van der Waals surface area contributed by atoms with Gasteiger partial charge >= 0.3 is 17.9 Å². The molecule has 136 valence electrons. The second-order valence-corrected chi connectivity index (χ2v) is 5.19. The average Bonchev–Trinajstić information content (AvgIpc) is 2.66. The number of ether oxygens (including phenoxy) is 2. The van der Waals surface area contributed by atoms with E-state index in [9.17, 15) is 14.4 Å². The third-order valence-electron chi connectivity index (χ3n) is 3.35. The Morgan fingerprint density at radius 1 is 0.963 bits per heavy atom. The largest absolute Gasteiger partial charge is 0.478 e. The van der Waals surface area contributed by atoms with Gasteiger partial charge in [0.25, 0.3) is 0 Å². The molecule has 2 aromatic carbocycles. The summed E-state index contributed by atoms with van der Waals surface area (Å²) in [5, 5.41) is 27.1. The highest BCUT2D eigenvalue weighted by Gasteiger charge is 2.13. The summed E-state index contributed by atoms with van der Waals surface area (Å²) in [4.78, 5) is 33.6. The number of carboxylic acid groups (broad SMARTS) is 2. The fraction of sp³-hybridized carbons (Fsp3) is 0.0526. The number of rotatable bonds is 6. The number of carboxylic acids is 2. The Hall–Kier alpha value is -4.12. The lowest BCUT2D eigenvalue weighted by Gasteiger charge is -2.08. The van der Waals surface area contributed by atoms with Gasteiger partial charge in [0.15, 0.2) is 0 Å². The fourth-order valence-corrected chi connectivity index (χ4v) is 2.09. The maximum absolute atomic E-state index is 11.4. The Morgan fingerprint density at radius 2 is 1.52 bits per heavy atom. The van der Waals surface area contributed by atoms with Gasteiger partial charge in [0.2, 0.25) is 0 Å². The standard InChI is InChI=1S/C19H13NO7/c1-26-19(25)14(10-20)6-11-2-4-15(5-3-11)27-16-8-12(17(21)22)7-13(9-16)18(23)24/h2-9H,1H3,(H,21,22)(H,23,24). The monoisotopic (exact) mass is 367 g/mol. The maximum atomic E-state index is 11.4. The molecule has 0 atom stereocenters. The topological polar surface area (TPSA) is 134 Å². The molecule has 2 rings (SSSR count). The maximum Gasteiger partial charge on any atom is 0.348 e. The van der Waals surface area contributed by atoms with Crippen molar-refractivity contribution in [3.63, 3.8) is 0 Å². The molecule has 0 fully saturated rings. The first-order valence-electron chi connectivity index (χ1n) is 7.43. The average molecular weight is 367 g/mol. The van der Waals surface area contributed by atoms with E-state index >= 15 is 0 Å². The van der Waals surface area contributed by atoms with Gasteiger partial charge in [-0.1, -0.05) is 12.1 Å². The molecule has 27 heavy (non-hydrogen) atoms. The Labute approximate surface area is 153 Å². The van der Waals surface area contributed by atoms with E-state index in [0.717, 1.165) is 6.07 Å². The van der Waals surface area contributed by atoms with Gasteiger partial charge in [-0.05, 0) is 42.0 Å². The highest BCUT2D eigenvalue weighted by molar-refractivity contribution is 5.97. The van der Waals surface area contributed by atoms with Crippen molar-refractivity contribution in [2.45, 2.75) is 0 Å². The van der Waals surface area contributed by atoms with E-state index in [-0.39, 0.29) is 22.4 Å². The molecule has 8 heteroatoms. The lowest BCUT2D eigenvalue weighted by molar-refractivity contribution is -0.135. The van der Waals surface area contributed by atoms with Crippen molar-refractivity contribution < 1.29 is 34.1 Å². The van der Waals surface area contributed by atoms with Crippen LogP contribution in [0.2, 0.25) is 0 Å². The third-order valence-corrected chi connectivity index (χ3v) is 3.35. The predicted octanol–water partition coefficient (Wildman–Crippen LogP) is 2.96. The van der Waals surface area contributed by atoms with E-state index in [2.05, 4.69) is 4.74 Å². The summed E-state index contributed by atoms with van der Waals surface area (Å²) >= 11 is 0. The van der Waals surface area contributed by atoms with Gasteiger partial charge in [0.05, 0.1) is 18.2 Å². The molecule has 0 saturated heterocycles. The molecule has 0 unspecified atom stereocenters. The van der Waals surface area contributed by atoms with Crippen LogP contribution in [0.3, 0.4) is 0 Å². The second-order valence-electron chi connectivity index (χ2n) is 5.19. The summed E-state index contributed by atoms with van der Waals surface area (Å²) in [6, 6.07) is 11.3. The summed E-state index contributed by atoms with van der Waals surface area (Å²) in [7, 11) is 1.17. The van der Waals surface area contributed by atoms with Crippen molar-refractivity contribution in [2.75, 3.05) is 7.11 Å². The van der Waals surface area contributed by atoms with Crippen LogP contribution in [0.1, 0.15) is 26.3 Å². The molecule has 0 radical (unpaired) electrons. The number of carbonyl (C=O) groups is 3. The minimum Gasteiger partial charge on any atom is -0.478 e. The number of esters is 1. The zero-order chi connectivity index (χ0) is 20.0. The van der Waals surface area contributed by atoms with E-state index in [1.54, 1.807) is 18.2 Å². The first kappa shape index (κ1) is 19.2. The molecule has 0 aliphatic heterocycles. The van der Waals surface area contributed by atoms with Crippen LogP contribution in [-0.4, -0.2) is 35.2 Å². The SMILES string of the molecule is COC(=O)C(C#N)=Cc1ccc(Oc2cc(C(=O)O)cc(C(=O)O)c2)cc1. The zero-order valence-corrected chi connectivity index (χ0v) is 14.0. The van der Waals surface area contributed by atoms with Crippen molar-refractivity contribution in [3.8, 4) is 17.6 Å². The number of hydrogen-bond acceptors (Lipinski definition) is 6. The zero-order valence-electron chi connectivity index (χ0n) is 14.0. The Bertz CT molecular complexity index is 936. The molecule has 0 aliphatic carbocycles. The molecular weight excluding hydrogens is 354 g/mol. The van der Waals surface area contributed by atoms with E-state index in [1.165, 1.54) is 37.5 Å². The number of benzene rings is 2. The van der Waals surface area contributed by atoms with Gasteiger partial charge in [-0.25, -0.2) is 14.4 Å². The van der Waals surface area contributed by atoms with Crippen LogP contribution >= 0.6 is 0 Å². The summed E-state index contributed by atoms with van der Waals surface area (Å²) in [5.41, 5.74) is -0.0800. The Morgan fingerprint density at radius 3 is 1.96 bits per heavy atom. The first-order chi connectivity index (χ1) is 12.8. The van der Waals surface area contributed by atoms with Crippen LogP contribution in [0, 0.1) is 11.3 Å². The number of methoxy groups -OCH3 is 1. The predicted molar refractivity (Wildman–Crippen MR) is 92.5 cm³/mol. The normalized spacial score (nSPS) is 10.6. The van der Waals surface area contributed by atoms with Crippen LogP contribution in [0.15, 0.2) is 48.0 Å². The van der Waals surface area contributed by atoms with Gasteiger partial charge in [-0.3, -0.25) is 0 Å². The molecule has 8 nitrogen and oxygen atoms in total. The quantitative estimate of drug-likeness (QED) is 0.452. The molecule has 0 bridgehead atoms. The number of nitriles is 1. The van der Waals surface area contributed by atoms with Gasteiger partial charge in [-0.15, -0.1) is 0 Å². The fourth-order valence-electron chi connectivity index (χ4n) is 2.09. The minimum absolute atomic E-state index is 0.0443. The highest BCUT2D eigenvalue weighted by atomic mass is 16.5. The molecule has 2 aromatic rings. The lowest BCUT2D eigenvalue weighted by atomic mass is 10.1. The number of nitrogens with zero attached hydrogens (tertiary/aromatic N) is 1. The number of aromatic carboxylic acids is 2. The summed E-state index contributed by atoms with van der Waals surface area (Å²) in [6.07, 6.45) is 1.34. The third kappa shape index (κ3) is 4.93. The summed E-state index contributed by atoms with van der Waals surface area (Å²) < 4.78 is 10.00. The van der Waals surface area contributed by atoms with E-state index in [0.29, 0.717) is 11.3 Å². The number of hydrogen-bond donors (Lipinski definition) is 2. The van der Waals surface area contributed by atoms with E-state index < -0.39 is 17.9 Å². The highest BCUT2D eigenvalue weighted by Crippen LogP contribution is 2.25. The molecule has 0 aliphatic rings. The van der Waals surface area contributed by atoms with Crippen LogP contribution in [-0.2, 0) is 9.53 Å². The van der Waals surface area contributed by atoms with Gasteiger partial charge < -0.3 is 19.7 Å². The van der Waals surface area contributed by atoms with Crippen LogP contribution in [0.25, 0.3) is 6.08 Å². The lowest BCUT2D eigenvalue weighted by Crippen LogP contribution is -2.03. The Kier molecular flexibility index (Phi) is 5.91. The van der Waals surface area contributed by atoms with Crippen molar-refractivity contribution in [1.29, 1.82) is 5.26 Å². The van der Waals surface area contributed by atoms with Crippen molar-refractivity contribution in [1.82, 2.24) is 0 Å². The van der Waals surface area contributed by atoms with Crippen molar-refractivity contribution >= 4 is 24.0 Å². The van der Waals surface area contributed by atoms with Gasteiger partial charge in [0, 0.05) is 0 Å². The van der Waals surface area contributed by atoms with Gasteiger partial charge in [0.1, 0.15) is 23.1 Å². The van der Waals surface area contributed by atoms with Crippen molar-refractivity contribution in [3.05, 3.63) is 64.7 Å². The molecule has 0 amide bonds. The van der Waals surface area contributed by atoms with E-state index in [1.807, 2.05) is 0 Å². The van der Waals surface area contributed by atoms with Crippen LogP contribution in [0.4, 0.5) is 0 Å². The second kappa shape index (κ2) is 8.31. The van der Waals surface area contributed by atoms with Crippen LogP contribution < -0.4 is 4.74 Å². The number of carbonyl (C=O) groups excluding carboxylic acids is 1. The summed E-state index contributed by atoms with van der Waals surface area (Å²) in [6.45, 7) is 0. The van der Waals surface area contributed by atoms with Crippen LogP contribution in [0.5, 0.6) is 11.5 Å². The molecule has 0 saturated carbocycles. The molecule has 0 heterocycles. The smallest absolute Gasteiger partial charge is 0.348 e. The molecule has 2 N–H and O–H groups in total. The molecule has 0 spiro atoms. The minimum atomic E-state index is -1.28. The molecule has 0 aromatic heterocycles. The first-order valence-corrected chi connectivity index (χ1v) is 7.43. The van der Waals surface area contributed by atoms with E-state index in [4.69, 9.17) is 20.2 Å².